The molecule has 2 aromatic heterocycles. The zero-order chi connectivity index (χ0) is 17.1. The number of pyridine rings is 1. The average molecular weight is 339 g/mol. The maximum Gasteiger partial charge on any atom is 0.269 e. The van der Waals surface area contributed by atoms with Crippen molar-refractivity contribution in [3.8, 4) is 0 Å². The summed E-state index contributed by atoms with van der Waals surface area (Å²) in [4.78, 5) is 19.6. The van der Waals surface area contributed by atoms with E-state index < -0.39 is 24.5 Å². The molecule has 6 nitrogen and oxygen atoms in total. The largest absolute Gasteiger partial charge is 0.367 e. The van der Waals surface area contributed by atoms with Crippen molar-refractivity contribution < 1.29 is 13.2 Å². The molecule has 1 aliphatic heterocycles. The Labute approximate surface area is 136 Å². The molecule has 0 atom stereocenters. The summed E-state index contributed by atoms with van der Waals surface area (Å²) in [6.07, 6.45) is -1.21. The number of piperazine rings is 1. The highest BCUT2D eigenvalue weighted by atomic mass is 19.3. The minimum atomic E-state index is -2.62. The van der Waals surface area contributed by atoms with E-state index in [1.807, 2.05) is 9.80 Å². The normalized spacial score (nSPS) is 15.2. The van der Waals surface area contributed by atoms with E-state index in [9.17, 15) is 18.0 Å². The molecule has 0 spiro atoms. The van der Waals surface area contributed by atoms with Crippen molar-refractivity contribution in [3.05, 3.63) is 46.8 Å². The standard InChI is InChI=1S/C15H16F3N5O/c16-12(17)10-23-15(24)8-11(9-19-23)21-4-6-22(7-5-21)14-3-1-2-13(18)20-14/h1-3,8-9,12H,4-7,10H2. The zero-order valence-corrected chi connectivity index (χ0v) is 12.8. The fraction of sp³-hybridized carbons (Fsp3) is 0.400. The molecule has 0 aliphatic carbocycles. The lowest BCUT2D eigenvalue weighted by Gasteiger charge is -2.36. The molecule has 0 unspecified atom stereocenters. The smallest absolute Gasteiger partial charge is 0.269 e. The van der Waals surface area contributed by atoms with Crippen molar-refractivity contribution >= 4 is 11.5 Å². The number of anilines is 2. The Morgan fingerprint density at radius 1 is 1.12 bits per heavy atom. The van der Waals surface area contributed by atoms with Gasteiger partial charge in [0.1, 0.15) is 12.4 Å². The third-order valence-electron chi connectivity index (χ3n) is 3.84. The molecule has 3 heterocycles. The van der Waals surface area contributed by atoms with Crippen LogP contribution < -0.4 is 15.4 Å². The molecule has 3 rings (SSSR count). The number of hydrogen-bond donors (Lipinski definition) is 0. The Balaban J connectivity index is 1.66. The van der Waals surface area contributed by atoms with Gasteiger partial charge in [-0.05, 0) is 12.1 Å². The van der Waals surface area contributed by atoms with Gasteiger partial charge in [-0.2, -0.15) is 9.49 Å². The quantitative estimate of drug-likeness (QED) is 0.788. The second-order valence-corrected chi connectivity index (χ2v) is 5.42. The Hall–Kier alpha value is -2.58. The highest BCUT2D eigenvalue weighted by Gasteiger charge is 2.19. The lowest BCUT2D eigenvalue weighted by molar-refractivity contribution is 0.119. The van der Waals surface area contributed by atoms with Crippen molar-refractivity contribution in [3.63, 3.8) is 0 Å². The first-order valence-electron chi connectivity index (χ1n) is 7.51. The second kappa shape index (κ2) is 6.90. The van der Waals surface area contributed by atoms with E-state index in [0.29, 0.717) is 37.7 Å². The number of nitrogens with zero attached hydrogens (tertiary/aromatic N) is 5. The molecule has 0 amide bonds. The lowest BCUT2D eigenvalue weighted by atomic mass is 10.2. The van der Waals surface area contributed by atoms with E-state index in [1.54, 1.807) is 12.1 Å². The average Bonchev–Trinajstić information content (AvgIpc) is 2.56. The summed E-state index contributed by atoms with van der Waals surface area (Å²) in [6.45, 7) is 1.70. The molecule has 0 radical (unpaired) electrons. The zero-order valence-electron chi connectivity index (χ0n) is 12.8. The van der Waals surface area contributed by atoms with Gasteiger partial charge in [0.2, 0.25) is 5.95 Å². The molecule has 2 aromatic rings. The predicted octanol–water partition coefficient (Wildman–Crippen LogP) is 1.37. The SMILES string of the molecule is O=c1cc(N2CCN(c3cccc(F)n3)CC2)cnn1CC(F)F. The molecule has 0 saturated carbocycles. The summed E-state index contributed by atoms with van der Waals surface area (Å²) < 4.78 is 38.6. The van der Waals surface area contributed by atoms with Gasteiger partial charge >= 0.3 is 0 Å². The highest BCUT2D eigenvalue weighted by molar-refractivity contribution is 5.47. The molecule has 9 heteroatoms. The van der Waals surface area contributed by atoms with E-state index >= 15 is 0 Å². The number of aromatic nitrogens is 3. The summed E-state index contributed by atoms with van der Waals surface area (Å²) in [5.41, 5.74) is 0.0411. The molecule has 1 aliphatic rings. The van der Waals surface area contributed by atoms with Crippen LogP contribution in [-0.2, 0) is 6.54 Å². The third kappa shape index (κ3) is 3.66. The third-order valence-corrected chi connectivity index (χ3v) is 3.84. The van der Waals surface area contributed by atoms with Gasteiger partial charge in [-0.15, -0.1) is 0 Å². The van der Waals surface area contributed by atoms with Crippen molar-refractivity contribution in [2.45, 2.75) is 13.0 Å². The molecule has 0 aromatic carbocycles. The summed E-state index contributed by atoms with van der Waals surface area (Å²) in [5.74, 6) is 0.0434. The summed E-state index contributed by atoms with van der Waals surface area (Å²) >= 11 is 0. The fourth-order valence-corrected chi connectivity index (χ4v) is 2.63. The first-order chi connectivity index (χ1) is 11.5. The van der Waals surface area contributed by atoms with Crippen molar-refractivity contribution in [2.75, 3.05) is 36.0 Å². The molecule has 24 heavy (non-hydrogen) atoms. The van der Waals surface area contributed by atoms with Crippen LogP contribution in [0.2, 0.25) is 0 Å². The molecular formula is C15H16F3N5O. The Bertz CT molecular complexity index is 759. The van der Waals surface area contributed by atoms with Crippen LogP contribution in [-0.4, -0.2) is 47.4 Å². The van der Waals surface area contributed by atoms with E-state index in [2.05, 4.69) is 10.1 Å². The van der Waals surface area contributed by atoms with Crippen molar-refractivity contribution in [2.24, 2.45) is 0 Å². The molecule has 1 saturated heterocycles. The van der Waals surface area contributed by atoms with Crippen molar-refractivity contribution in [1.29, 1.82) is 0 Å². The minimum Gasteiger partial charge on any atom is -0.367 e. The van der Waals surface area contributed by atoms with Gasteiger partial charge in [0, 0.05) is 32.2 Å². The molecular weight excluding hydrogens is 323 g/mol. The maximum atomic E-state index is 13.2. The Morgan fingerprint density at radius 2 is 1.83 bits per heavy atom. The molecule has 1 fully saturated rings. The van der Waals surface area contributed by atoms with Crippen LogP contribution in [0.4, 0.5) is 24.7 Å². The number of rotatable bonds is 4. The van der Waals surface area contributed by atoms with Gasteiger partial charge in [-0.25, -0.2) is 18.4 Å². The van der Waals surface area contributed by atoms with E-state index in [-0.39, 0.29) is 0 Å². The highest BCUT2D eigenvalue weighted by Crippen LogP contribution is 2.17. The van der Waals surface area contributed by atoms with Crippen LogP contribution in [0.1, 0.15) is 0 Å². The van der Waals surface area contributed by atoms with Gasteiger partial charge in [0.15, 0.2) is 0 Å². The molecule has 0 N–H and O–H groups in total. The minimum absolute atomic E-state index is 0.526. The Morgan fingerprint density at radius 3 is 2.46 bits per heavy atom. The Kier molecular flexibility index (Phi) is 4.68. The van der Waals surface area contributed by atoms with Gasteiger partial charge in [-0.1, -0.05) is 6.07 Å². The second-order valence-electron chi connectivity index (χ2n) is 5.42. The van der Waals surface area contributed by atoms with Gasteiger partial charge in [0.25, 0.3) is 12.0 Å². The van der Waals surface area contributed by atoms with E-state index in [1.165, 1.54) is 18.3 Å². The first kappa shape index (κ1) is 16.3. The van der Waals surface area contributed by atoms with Crippen molar-refractivity contribution in [1.82, 2.24) is 14.8 Å². The monoisotopic (exact) mass is 339 g/mol. The summed E-state index contributed by atoms with van der Waals surface area (Å²) in [5, 5.41) is 3.79. The topological polar surface area (TPSA) is 54.3 Å². The van der Waals surface area contributed by atoms with Crippen LogP contribution in [0.15, 0.2) is 35.3 Å². The van der Waals surface area contributed by atoms with Crippen LogP contribution in [0.5, 0.6) is 0 Å². The van der Waals surface area contributed by atoms with Gasteiger partial charge in [-0.3, -0.25) is 4.79 Å². The lowest BCUT2D eigenvalue weighted by Crippen LogP contribution is -2.47. The fourth-order valence-electron chi connectivity index (χ4n) is 2.63. The number of alkyl halides is 2. The first-order valence-corrected chi connectivity index (χ1v) is 7.51. The van der Waals surface area contributed by atoms with Gasteiger partial charge in [0.05, 0.1) is 11.9 Å². The van der Waals surface area contributed by atoms with E-state index in [0.717, 1.165) is 4.68 Å². The predicted molar refractivity (Wildman–Crippen MR) is 83.1 cm³/mol. The van der Waals surface area contributed by atoms with Crippen LogP contribution >= 0.6 is 0 Å². The maximum absolute atomic E-state index is 13.2. The van der Waals surface area contributed by atoms with Crippen LogP contribution in [0.3, 0.4) is 0 Å². The van der Waals surface area contributed by atoms with E-state index in [4.69, 9.17) is 0 Å². The van der Waals surface area contributed by atoms with Crippen LogP contribution in [0.25, 0.3) is 0 Å². The van der Waals surface area contributed by atoms with Gasteiger partial charge < -0.3 is 9.80 Å². The summed E-state index contributed by atoms with van der Waals surface area (Å²) in [7, 11) is 0. The number of hydrogen-bond acceptors (Lipinski definition) is 5. The summed E-state index contributed by atoms with van der Waals surface area (Å²) in [6, 6.07) is 5.95. The van der Waals surface area contributed by atoms with Crippen LogP contribution in [0, 0.1) is 5.95 Å². The number of halogens is 3. The molecule has 128 valence electrons. The molecule has 0 bridgehead atoms.